The molecule has 37 heavy (non-hydrogen) atoms. The number of aromatic nitrogens is 3. The molecule has 0 saturated carbocycles. The molecule has 1 aliphatic rings. The molecular formula is C24H20F3N7O2S. The quantitative estimate of drug-likeness (QED) is 0.338. The summed E-state index contributed by atoms with van der Waals surface area (Å²) < 4.78 is 46.0. The van der Waals surface area contributed by atoms with Gasteiger partial charge in [0.2, 0.25) is 6.17 Å². The Hall–Kier alpha value is -4.26. The third kappa shape index (κ3) is 4.53. The number of aliphatic imine (C=N–C) groups is 1. The molecule has 0 aliphatic carbocycles. The topological polar surface area (TPSA) is 131 Å². The van der Waals surface area contributed by atoms with Gasteiger partial charge in [-0.1, -0.05) is 53.6 Å². The van der Waals surface area contributed by atoms with E-state index >= 15 is 0 Å². The van der Waals surface area contributed by atoms with Crippen molar-refractivity contribution in [2.24, 2.45) is 4.99 Å². The van der Waals surface area contributed by atoms with Gasteiger partial charge in [-0.05, 0) is 19.9 Å². The summed E-state index contributed by atoms with van der Waals surface area (Å²) >= 11 is 0.694. The van der Waals surface area contributed by atoms with Crippen LogP contribution in [0.25, 0.3) is 11.6 Å². The Balaban J connectivity index is 1.46. The van der Waals surface area contributed by atoms with E-state index in [9.17, 15) is 18.0 Å². The number of halogens is 3. The maximum absolute atomic E-state index is 13.5. The number of rotatable bonds is 5. The van der Waals surface area contributed by atoms with Crippen molar-refractivity contribution >= 4 is 39.7 Å². The van der Waals surface area contributed by atoms with Crippen LogP contribution in [0.15, 0.2) is 64.0 Å². The third-order valence-electron chi connectivity index (χ3n) is 5.78. The fraction of sp³-hybridized carbons (Fsp3) is 0.208. The first-order valence-corrected chi connectivity index (χ1v) is 11.8. The van der Waals surface area contributed by atoms with E-state index < -0.39 is 23.7 Å². The van der Waals surface area contributed by atoms with E-state index in [0.29, 0.717) is 22.7 Å². The highest BCUT2D eigenvalue weighted by molar-refractivity contribution is 7.16. The summed E-state index contributed by atoms with van der Waals surface area (Å²) in [4.78, 5) is 21.6. The molecule has 5 rings (SSSR count). The molecule has 0 spiro atoms. The number of amides is 1. The minimum Gasteiger partial charge on any atom is -0.402 e. The van der Waals surface area contributed by atoms with Gasteiger partial charge in [-0.3, -0.25) is 4.79 Å². The summed E-state index contributed by atoms with van der Waals surface area (Å²) in [7, 11) is 0. The number of benzodiazepines with no additional fused rings is 1. The molecule has 4 aromatic rings. The van der Waals surface area contributed by atoms with Crippen LogP contribution in [0.3, 0.4) is 0 Å². The van der Waals surface area contributed by atoms with Crippen molar-refractivity contribution in [2.45, 2.75) is 31.6 Å². The van der Waals surface area contributed by atoms with Crippen LogP contribution in [0.2, 0.25) is 0 Å². The summed E-state index contributed by atoms with van der Waals surface area (Å²) in [6.45, 7) is 2.03. The lowest BCUT2D eigenvalue weighted by molar-refractivity contribution is -0.180. The zero-order chi connectivity index (χ0) is 26.4. The van der Waals surface area contributed by atoms with Crippen molar-refractivity contribution in [2.75, 3.05) is 16.4 Å². The number of nitrogens with one attached hydrogen (secondary N) is 2. The van der Waals surface area contributed by atoms with E-state index in [0.717, 1.165) is 25.0 Å². The SMILES string of the molecule is CC(C)(c1nc(-c2nnc(N[C@H]3N=C(c4ccccc4)c4ccccc4NC3=O)o2)c(N)s1)C(F)(F)F. The standard InChI is InChI=1S/C24H20F3N7O2S/c1-23(2,24(25,26)27)21-31-16(17(28)37-21)20-33-34-22(36-20)32-18-19(35)29-14-11-7-6-10-13(14)15(30-18)12-8-4-3-5-9-12/h3-11,18H,28H2,1-2H3,(H,29,35)(H,32,34)/t18-/m1/s1. The van der Waals surface area contributed by atoms with Crippen LogP contribution < -0.4 is 16.4 Å². The number of carbonyl (C=O) groups is 1. The molecule has 0 fully saturated rings. The van der Waals surface area contributed by atoms with Gasteiger partial charge in [0, 0.05) is 11.1 Å². The average molecular weight is 528 g/mol. The molecule has 1 aliphatic heterocycles. The van der Waals surface area contributed by atoms with Gasteiger partial charge >= 0.3 is 12.2 Å². The molecule has 1 atom stereocenters. The number of alkyl halides is 3. The van der Waals surface area contributed by atoms with Crippen LogP contribution in [-0.4, -0.2) is 39.1 Å². The lowest BCUT2D eigenvalue weighted by atomic mass is 9.94. The zero-order valence-corrected chi connectivity index (χ0v) is 20.3. The van der Waals surface area contributed by atoms with Crippen molar-refractivity contribution in [3.8, 4) is 11.6 Å². The van der Waals surface area contributed by atoms with Crippen molar-refractivity contribution < 1.29 is 22.4 Å². The predicted octanol–water partition coefficient (Wildman–Crippen LogP) is 4.84. The lowest BCUT2D eigenvalue weighted by Gasteiger charge is -2.24. The normalized spacial score (nSPS) is 16.0. The summed E-state index contributed by atoms with van der Waals surface area (Å²) in [5.41, 5.74) is 6.32. The second-order valence-corrected chi connectivity index (χ2v) is 9.72. The number of hydrogen-bond donors (Lipinski definition) is 3. The first-order valence-electron chi connectivity index (χ1n) is 11.0. The predicted molar refractivity (Wildman–Crippen MR) is 133 cm³/mol. The van der Waals surface area contributed by atoms with Crippen LogP contribution in [0.1, 0.15) is 30.0 Å². The van der Waals surface area contributed by atoms with Gasteiger partial charge < -0.3 is 20.8 Å². The van der Waals surface area contributed by atoms with E-state index in [4.69, 9.17) is 10.2 Å². The highest BCUT2D eigenvalue weighted by Gasteiger charge is 2.51. The number of carbonyl (C=O) groups excluding carboxylic acids is 1. The molecule has 4 N–H and O–H groups in total. The van der Waals surface area contributed by atoms with Gasteiger partial charge in [0.15, 0.2) is 5.69 Å². The van der Waals surface area contributed by atoms with Gasteiger partial charge in [0.1, 0.15) is 15.4 Å². The van der Waals surface area contributed by atoms with Gasteiger partial charge in [0.05, 0.1) is 11.4 Å². The number of para-hydroxylation sites is 1. The van der Waals surface area contributed by atoms with Crippen LogP contribution in [-0.2, 0) is 10.2 Å². The summed E-state index contributed by atoms with van der Waals surface area (Å²) in [5.74, 6) is -0.662. The zero-order valence-electron chi connectivity index (χ0n) is 19.5. The molecular weight excluding hydrogens is 507 g/mol. The fourth-order valence-corrected chi connectivity index (χ4v) is 4.49. The fourth-order valence-electron chi connectivity index (χ4n) is 3.55. The summed E-state index contributed by atoms with van der Waals surface area (Å²) in [5, 5.41) is 13.1. The lowest BCUT2D eigenvalue weighted by Crippen LogP contribution is -2.36. The minimum atomic E-state index is -4.53. The number of nitrogens with two attached hydrogens (primary N) is 1. The van der Waals surface area contributed by atoms with Crippen LogP contribution in [0.4, 0.5) is 29.9 Å². The smallest absolute Gasteiger partial charge is 0.400 e. The second-order valence-electron chi connectivity index (χ2n) is 8.69. The molecule has 2 aromatic heterocycles. The Morgan fingerprint density at radius 1 is 1.05 bits per heavy atom. The van der Waals surface area contributed by atoms with Crippen molar-refractivity contribution in [1.29, 1.82) is 0 Å². The first kappa shape index (κ1) is 24.4. The van der Waals surface area contributed by atoms with E-state index in [1.165, 1.54) is 0 Å². The minimum absolute atomic E-state index is 0.00503. The highest BCUT2D eigenvalue weighted by atomic mass is 32.1. The van der Waals surface area contributed by atoms with Crippen molar-refractivity contribution in [3.05, 3.63) is 70.7 Å². The van der Waals surface area contributed by atoms with Crippen LogP contribution >= 0.6 is 11.3 Å². The molecule has 0 bridgehead atoms. The first-order chi connectivity index (χ1) is 17.5. The van der Waals surface area contributed by atoms with Gasteiger partial charge in [-0.25, -0.2) is 9.98 Å². The van der Waals surface area contributed by atoms with Crippen LogP contribution in [0.5, 0.6) is 0 Å². The molecule has 9 nitrogen and oxygen atoms in total. The molecule has 1 amide bonds. The number of fused-ring (bicyclic) bond motifs is 1. The van der Waals surface area contributed by atoms with E-state index in [2.05, 4.69) is 30.8 Å². The average Bonchev–Trinajstić information content (AvgIpc) is 3.45. The Bertz CT molecular complexity index is 1500. The van der Waals surface area contributed by atoms with Gasteiger partial charge in [-0.2, -0.15) is 13.2 Å². The Morgan fingerprint density at radius 2 is 1.76 bits per heavy atom. The number of benzene rings is 2. The molecule has 0 radical (unpaired) electrons. The van der Waals surface area contributed by atoms with Gasteiger partial charge in [-0.15, -0.1) is 16.4 Å². The maximum atomic E-state index is 13.5. The Kier molecular flexibility index (Phi) is 5.94. The number of nitrogen functional groups attached to an aromatic ring is 1. The molecule has 0 unspecified atom stereocenters. The molecule has 0 saturated heterocycles. The van der Waals surface area contributed by atoms with E-state index in [-0.39, 0.29) is 27.6 Å². The number of anilines is 3. The van der Waals surface area contributed by atoms with Gasteiger partial charge in [0.25, 0.3) is 11.8 Å². The maximum Gasteiger partial charge on any atom is 0.400 e. The number of hydrogen-bond acceptors (Lipinski definition) is 9. The molecule has 3 heterocycles. The monoisotopic (exact) mass is 527 g/mol. The molecule has 190 valence electrons. The van der Waals surface area contributed by atoms with Crippen LogP contribution in [0, 0.1) is 0 Å². The molecule has 13 heteroatoms. The van der Waals surface area contributed by atoms with E-state index in [1.54, 1.807) is 12.1 Å². The van der Waals surface area contributed by atoms with Crippen molar-refractivity contribution in [3.63, 3.8) is 0 Å². The summed E-state index contributed by atoms with van der Waals surface area (Å²) in [6.07, 6.45) is -5.68. The Morgan fingerprint density at radius 3 is 2.49 bits per heavy atom. The third-order valence-corrected chi connectivity index (χ3v) is 6.99. The number of nitrogens with zero attached hydrogens (tertiary/aromatic N) is 4. The van der Waals surface area contributed by atoms with E-state index in [1.807, 2.05) is 42.5 Å². The molecule has 2 aromatic carbocycles. The summed E-state index contributed by atoms with van der Waals surface area (Å²) in [6, 6.07) is 16.4. The van der Waals surface area contributed by atoms with Crippen molar-refractivity contribution in [1.82, 2.24) is 15.2 Å². The largest absolute Gasteiger partial charge is 0.402 e. The highest BCUT2D eigenvalue weighted by Crippen LogP contribution is 2.44. The number of thiazole rings is 1. The Labute approximate surface area is 212 Å². The second kappa shape index (κ2) is 9.00.